The molecule has 2 N–H and O–H groups in total. The predicted octanol–water partition coefficient (Wildman–Crippen LogP) is 2.98. The van der Waals surface area contributed by atoms with Crippen molar-refractivity contribution in [3.8, 4) is 0 Å². The lowest BCUT2D eigenvalue weighted by atomic mass is 9.90. The van der Waals surface area contributed by atoms with Crippen molar-refractivity contribution in [1.82, 2.24) is 14.9 Å². The summed E-state index contributed by atoms with van der Waals surface area (Å²) in [6.45, 7) is 3.34. The largest absolute Gasteiger partial charge is 0.355 e. The number of hydrogen-bond donors (Lipinski definition) is 2. The fourth-order valence-corrected chi connectivity index (χ4v) is 3.70. The van der Waals surface area contributed by atoms with Crippen LogP contribution in [-0.4, -0.2) is 27.9 Å². The number of para-hydroxylation sites is 3. The number of carbonyl (C=O) groups excluding carboxylic acids is 2. The molecule has 1 atom stereocenters. The van der Waals surface area contributed by atoms with Crippen molar-refractivity contribution in [2.75, 3.05) is 11.9 Å². The van der Waals surface area contributed by atoms with Crippen LogP contribution >= 0.6 is 0 Å². The second-order valence-electron chi connectivity index (χ2n) is 6.84. The number of hydrogen-bond acceptors (Lipinski definition) is 3. The predicted molar refractivity (Wildman–Crippen MR) is 105 cm³/mol. The summed E-state index contributed by atoms with van der Waals surface area (Å²) in [6, 6.07) is 15.5. The van der Waals surface area contributed by atoms with E-state index in [4.69, 9.17) is 0 Å². The van der Waals surface area contributed by atoms with E-state index >= 15 is 0 Å². The van der Waals surface area contributed by atoms with Gasteiger partial charge < -0.3 is 15.2 Å². The summed E-state index contributed by atoms with van der Waals surface area (Å²) in [5.74, 6) is 0.338. The SMILES string of the molecule is Cc1nc2ccccc2n1CCCNC(=O)C1CC(=O)Nc2ccccc21. The molecule has 1 aliphatic rings. The molecule has 2 aromatic carbocycles. The highest BCUT2D eigenvalue weighted by atomic mass is 16.2. The van der Waals surface area contributed by atoms with Crippen LogP contribution in [0.2, 0.25) is 0 Å². The molecular formula is C21H22N4O2. The van der Waals surface area contributed by atoms with Gasteiger partial charge in [-0.1, -0.05) is 30.3 Å². The van der Waals surface area contributed by atoms with Gasteiger partial charge in [0.05, 0.1) is 17.0 Å². The normalized spacial score (nSPS) is 16.0. The van der Waals surface area contributed by atoms with Crippen molar-refractivity contribution in [2.24, 2.45) is 0 Å². The van der Waals surface area contributed by atoms with Gasteiger partial charge in [0, 0.05) is 25.2 Å². The first-order valence-corrected chi connectivity index (χ1v) is 9.22. The van der Waals surface area contributed by atoms with Crippen LogP contribution in [0.25, 0.3) is 11.0 Å². The van der Waals surface area contributed by atoms with Gasteiger partial charge in [-0.15, -0.1) is 0 Å². The molecule has 0 bridgehead atoms. The number of nitrogens with one attached hydrogen (secondary N) is 2. The first-order valence-electron chi connectivity index (χ1n) is 9.22. The molecule has 1 aromatic heterocycles. The Morgan fingerprint density at radius 1 is 1.22 bits per heavy atom. The highest BCUT2D eigenvalue weighted by Crippen LogP contribution is 2.31. The van der Waals surface area contributed by atoms with Crippen LogP contribution in [0.1, 0.15) is 30.1 Å². The summed E-state index contributed by atoms with van der Waals surface area (Å²) < 4.78 is 2.17. The molecule has 1 unspecified atom stereocenters. The number of rotatable bonds is 5. The Hall–Kier alpha value is -3.15. The maximum atomic E-state index is 12.6. The molecule has 1 aliphatic heterocycles. The van der Waals surface area contributed by atoms with E-state index in [1.165, 1.54) is 0 Å². The Morgan fingerprint density at radius 3 is 2.89 bits per heavy atom. The Balaban J connectivity index is 1.38. The zero-order valence-corrected chi connectivity index (χ0v) is 15.2. The number of aromatic nitrogens is 2. The number of imidazole rings is 1. The Morgan fingerprint density at radius 2 is 2.00 bits per heavy atom. The molecular weight excluding hydrogens is 340 g/mol. The highest BCUT2D eigenvalue weighted by Gasteiger charge is 2.30. The zero-order chi connectivity index (χ0) is 18.8. The van der Waals surface area contributed by atoms with Crippen molar-refractivity contribution in [1.29, 1.82) is 0 Å². The van der Waals surface area contributed by atoms with Gasteiger partial charge in [-0.25, -0.2) is 4.98 Å². The summed E-state index contributed by atoms with van der Waals surface area (Å²) in [7, 11) is 0. The molecule has 138 valence electrons. The summed E-state index contributed by atoms with van der Waals surface area (Å²) in [5.41, 5.74) is 3.71. The van der Waals surface area contributed by atoms with E-state index < -0.39 is 5.92 Å². The number of aryl methyl sites for hydroxylation is 2. The van der Waals surface area contributed by atoms with E-state index in [1.54, 1.807) is 0 Å². The van der Waals surface area contributed by atoms with Gasteiger partial charge >= 0.3 is 0 Å². The van der Waals surface area contributed by atoms with Crippen LogP contribution in [0.15, 0.2) is 48.5 Å². The first-order chi connectivity index (χ1) is 13.1. The van der Waals surface area contributed by atoms with E-state index in [-0.39, 0.29) is 18.2 Å². The van der Waals surface area contributed by atoms with Gasteiger partial charge in [0.1, 0.15) is 5.82 Å². The lowest BCUT2D eigenvalue weighted by molar-refractivity contribution is -0.126. The lowest BCUT2D eigenvalue weighted by Crippen LogP contribution is -2.35. The molecule has 6 heteroatoms. The third-order valence-electron chi connectivity index (χ3n) is 5.02. The molecule has 0 saturated carbocycles. The maximum absolute atomic E-state index is 12.6. The third-order valence-corrected chi connectivity index (χ3v) is 5.02. The van der Waals surface area contributed by atoms with Crippen molar-refractivity contribution >= 4 is 28.5 Å². The van der Waals surface area contributed by atoms with Gasteiger partial charge in [-0.3, -0.25) is 9.59 Å². The topological polar surface area (TPSA) is 76.0 Å². The molecule has 2 heterocycles. The smallest absolute Gasteiger partial charge is 0.228 e. The Bertz CT molecular complexity index is 1010. The van der Waals surface area contributed by atoms with Gasteiger partial charge in [0.2, 0.25) is 11.8 Å². The van der Waals surface area contributed by atoms with Crippen molar-refractivity contribution in [3.63, 3.8) is 0 Å². The number of amides is 2. The Labute approximate surface area is 157 Å². The fraction of sp³-hybridized carbons (Fsp3) is 0.286. The van der Waals surface area contributed by atoms with E-state index in [2.05, 4.69) is 26.3 Å². The third kappa shape index (κ3) is 3.43. The average Bonchev–Trinajstić information content (AvgIpc) is 2.99. The van der Waals surface area contributed by atoms with Crippen molar-refractivity contribution in [2.45, 2.75) is 32.2 Å². The highest BCUT2D eigenvalue weighted by molar-refractivity contribution is 6.01. The molecule has 0 radical (unpaired) electrons. The molecule has 0 fully saturated rings. The molecule has 0 saturated heterocycles. The van der Waals surface area contributed by atoms with Crippen molar-refractivity contribution < 1.29 is 9.59 Å². The fourth-order valence-electron chi connectivity index (χ4n) is 3.70. The lowest BCUT2D eigenvalue weighted by Gasteiger charge is -2.24. The Kier molecular flexibility index (Phi) is 4.62. The van der Waals surface area contributed by atoms with Crippen LogP contribution in [0.5, 0.6) is 0 Å². The maximum Gasteiger partial charge on any atom is 0.228 e. The number of benzene rings is 2. The number of anilines is 1. The van der Waals surface area contributed by atoms with Crippen LogP contribution in [-0.2, 0) is 16.1 Å². The second-order valence-corrected chi connectivity index (χ2v) is 6.84. The molecule has 0 aliphatic carbocycles. The van der Waals surface area contributed by atoms with Gasteiger partial charge in [-0.2, -0.15) is 0 Å². The minimum absolute atomic E-state index is 0.0930. The van der Waals surface area contributed by atoms with Crippen LogP contribution in [0.4, 0.5) is 5.69 Å². The minimum Gasteiger partial charge on any atom is -0.355 e. The summed E-state index contributed by atoms with van der Waals surface area (Å²) in [6.07, 6.45) is 0.988. The molecule has 6 nitrogen and oxygen atoms in total. The second kappa shape index (κ2) is 7.23. The molecule has 3 aromatic rings. The monoisotopic (exact) mass is 362 g/mol. The van der Waals surface area contributed by atoms with E-state index in [0.717, 1.165) is 41.1 Å². The zero-order valence-electron chi connectivity index (χ0n) is 15.2. The minimum atomic E-state index is -0.425. The molecule has 0 spiro atoms. The summed E-state index contributed by atoms with van der Waals surface area (Å²) >= 11 is 0. The number of fused-ring (bicyclic) bond motifs is 2. The van der Waals surface area contributed by atoms with Crippen LogP contribution in [0, 0.1) is 6.92 Å². The average molecular weight is 362 g/mol. The summed E-state index contributed by atoms with van der Waals surface area (Å²) in [4.78, 5) is 29.1. The van der Waals surface area contributed by atoms with Gasteiger partial charge in [0.15, 0.2) is 0 Å². The van der Waals surface area contributed by atoms with Crippen LogP contribution < -0.4 is 10.6 Å². The number of carbonyl (C=O) groups is 2. The number of nitrogens with zero attached hydrogens (tertiary/aromatic N) is 2. The quantitative estimate of drug-likeness (QED) is 0.685. The molecule has 4 rings (SSSR count). The van der Waals surface area contributed by atoms with Gasteiger partial charge in [0.25, 0.3) is 0 Å². The van der Waals surface area contributed by atoms with E-state index in [1.807, 2.05) is 49.4 Å². The molecule has 2 amide bonds. The van der Waals surface area contributed by atoms with Gasteiger partial charge in [-0.05, 0) is 37.1 Å². The standard InChI is InChI=1S/C21H22N4O2/c1-14-23-18-9-4-5-10-19(18)25(14)12-6-11-22-21(27)16-13-20(26)24-17-8-3-2-7-15(16)17/h2-5,7-10,16H,6,11-13H2,1H3,(H,22,27)(H,24,26). The summed E-state index contributed by atoms with van der Waals surface area (Å²) in [5, 5.41) is 5.82. The first kappa shape index (κ1) is 17.3. The molecule has 27 heavy (non-hydrogen) atoms. The van der Waals surface area contributed by atoms with Crippen LogP contribution in [0.3, 0.4) is 0 Å². The van der Waals surface area contributed by atoms with E-state index in [0.29, 0.717) is 6.54 Å². The van der Waals surface area contributed by atoms with Crippen molar-refractivity contribution in [3.05, 3.63) is 59.9 Å². The van der Waals surface area contributed by atoms with E-state index in [9.17, 15) is 9.59 Å².